The van der Waals surface area contributed by atoms with Crippen molar-refractivity contribution in [1.82, 2.24) is 4.31 Å². The van der Waals surface area contributed by atoms with Gasteiger partial charge in [-0.2, -0.15) is 4.31 Å². The number of rotatable bonds is 6. The van der Waals surface area contributed by atoms with Crippen LogP contribution in [0.15, 0.2) is 47.4 Å². The van der Waals surface area contributed by atoms with Crippen LogP contribution in [0.1, 0.15) is 42.1 Å². The lowest BCUT2D eigenvalue weighted by atomic mass is 10.1. The van der Waals surface area contributed by atoms with Gasteiger partial charge in [-0.05, 0) is 68.7 Å². The third-order valence-electron chi connectivity index (χ3n) is 5.26. The summed E-state index contributed by atoms with van der Waals surface area (Å²) in [5, 5.41) is 2.71. The lowest BCUT2D eigenvalue weighted by Gasteiger charge is -2.32. The van der Waals surface area contributed by atoms with Gasteiger partial charge in [0.2, 0.25) is 20.0 Å². The van der Waals surface area contributed by atoms with Crippen LogP contribution >= 0.6 is 0 Å². The lowest BCUT2D eigenvalue weighted by molar-refractivity contribution is 0.102. The van der Waals surface area contributed by atoms with Gasteiger partial charge in [-0.25, -0.2) is 16.8 Å². The number of carbonyl (C=O) groups excluding carboxylic acids is 1. The van der Waals surface area contributed by atoms with Crippen molar-refractivity contribution in [2.24, 2.45) is 0 Å². The van der Waals surface area contributed by atoms with E-state index in [-0.39, 0.29) is 10.9 Å². The summed E-state index contributed by atoms with van der Waals surface area (Å²) in [6, 6.07) is 10.7. The number of amides is 1. The number of piperidine rings is 1. The molecule has 1 aliphatic heterocycles. The number of nitrogens with zero attached hydrogens (tertiary/aromatic N) is 1. The maximum Gasteiger partial charge on any atom is 0.255 e. The lowest BCUT2D eigenvalue weighted by Crippen LogP contribution is -2.41. The van der Waals surface area contributed by atoms with Crippen molar-refractivity contribution in [2.75, 3.05) is 22.8 Å². The van der Waals surface area contributed by atoms with Gasteiger partial charge in [-0.3, -0.25) is 9.52 Å². The van der Waals surface area contributed by atoms with Crippen LogP contribution in [0.2, 0.25) is 0 Å². The third kappa shape index (κ3) is 5.63. The van der Waals surface area contributed by atoms with Crippen molar-refractivity contribution < 1.29 is 21.6 Å². The summed E-state index contributed by atoms with van der Waals surface area (Å²) in [4.78, 5) is 12.8. The highest BCUT2D eigenvalue weighted by Gasteiger charge is 2.30. The van der Waals surface area contributed by atoms with E-state index < -0.39 is 26.0 Å². The molecule has 2 N–H and O–H groups in total. The first-order valence-electron chi connectivity index (χ1n) is 9.99. The molecule has 2 aromatic rings. The van der Waals surface area contributed by atoms with Gasteiger partial charge in [0.15, 0.2) is 0 Å². The molecular weight excluding hydrogens is 438 g/mol. The summed E-state index contributed by atoms with van der Waals surface area (Å²) in [6.45, 7) is 4.16. The number of hydrogen-bond acceptors (Lipinski definition) is 5. The summed E-state index contributed by atoms with van der Waals surface area (Å²) < 4.78 is 52.8. The second kappa shape index (κ2) is 8.97. The zero-order valence-corrected chi connectivity index (χ0v) is 19.4. The van der Waals surface area contributed by atoms with E-state index in [9.17, 15) is 21.6 Å². The minimum Gasteiger partial charge on any atom is -0.322 e. The quantitative estimate of drug-likeness (QED) is 0.680. The zero-order chi connectivity index (χ0) is 22.8. The van der Waals surface area contributed by atoms with Crippen LogP contribution in [-0.2, 0) is 20.0 Å². The van der Waals surface area contributed by atoms with Crippen molar-refractivity contribution >= 4 is 37.3 Å². The van der Waals surface area contributed by atoms with E-state index in [1.54, 1.807) is 19.1 Å². The molecule has 3 rings (SSSR count). The second-order valence-electron chi connectivity index (χ2n) is 7.84. The number of carbonyl (C=O) groups is 1. The monoisotopic (exact) mass is 465 g/mol. The Morgan fingerprint density at radius 1 is 1.03 bits per heavy atom. The summed E-state index contributed by atoms with van der Waals surface area (Å²) in [5.74, 6) is -0.426. The summed E-state index contributed by atoms with van der Waals surface area (Å²) in [5.41, 5.74) is 1.80. The number of sulfonamides is 2. The number of hydrogen-bond donors (Lipinski definition) is 2. The number of aryl methyl sites for hydroxylation is 1. The molecule has 1 fully saturated rings. The van der Waals surface area contributed by atoms with Crippen LogP contribution in [0, 0.1) is 6.92 Å². The Balaban J connectivity index is 1.76. The molecule has 1 unspecified atom stereocenters. The Bertz CT molecular complexity index is 1180. The highest BCUT2D eigenvalue weighted by atomic mass is 32.2. The van der Waals surface area contributed by atoms with Gasteiger partial charge >= 0.3 is 0 Å². The Morgan fingerprint density at radius 3 is 2.32 bits per heavy atom. The Hall–Kier alpha value is -2.43. The minimum absolute atomic E-state index is 0.0435. The number of nitrogens with one attached hydrogen (secondary N) is 2. The molecule has 2 aromatic carbocycles. The molecule has 1 heterocycles. The topological polar surface area (TPSA) is 113 Å². The molecule has 1 aliphatic rings. The van der Waals surface area contributed by atoms with Crippen LogP contribution in [0.25, 0.3) is 0 Å². The normalized spacial score (nSPS) is 17.8. The summed E-state index contributed by atoms with van der Waals surface area (Å²) >= 11 is 0. The molecule has 168 valence electrons. The van der Waals surface area contributed by atoms with Gasteiger partial charge in [0.1, 0.15) is 0 Å². The van der Waals surface area contributed by atoms with Gasteiger partial charge in [-0.15, -0.1) is 0 Å². The fourth-order valence-electron chi connectivity index (χ4n) is 3.56. The van der Waals surface area contributed by atoms with Crippen molar-refractivity contribution in [3.8, 4) is 0 Å². The molecule has 0 bridgehead atoms. The average Bonchev–Trinajstić information content (AvgIpc) is 2.69. The molecule has 0 saturated carbocycles. The first-order chi connectivity index (χ1) is 14.5. The van der Waals surface area contributed by atoms with Crippen LogP contribution in [0.4, 0.5) is 11.4 Å². The average molecular weight is 466 g/mol. The van der Waals surface area contributed by atoms with Gasteiger partial charge in [0.05, 0.1) is 16.8 Å². The SMILES string of the molecule is Cc1ccc(NC(=O)c2ccc(S(=O)(=O)N3CCCCC3C)cc2)cc1NS(C)(=O)=O. The van der Waals surface area contributed by atoms with Crippen molar-refractivity contribution in [2.45, 2.75) is 44.0 Å². The largest absolute Gasteiger partial charge is 0.322 e. The Labute approximate surface area is 183 Å². The first-order valence-corrected chi connectivity index (χ1v) is 13.3. The second-order valence-corrected chi connectivity index (χ2v) is 11.5. The zero-order valence-electron chi connectivity index (χ0n) is 17.8. The minimum atomic E-state index is -3.60. The molecular formula is C21H27N3O5S2. The van der Waals surface area contributed by atoms with E-state index in [4.69, 9.17) is 0 Å². The first kappa shape index (κ1) is 23.2. The van der Waals surface area contributed by atoms with Gasteiger partial charge in [-0.1, -0.05) is 12.5 Å². The van der Waals surface area contributed by atoms with E-state index in [0.29, 0.717) is 29.0 Å². The molecule has 0 spiro atoms. The van der Waals surface area contributed by atoms with E-state index in [2.05, 4.69) is 10.0 Å². The fourth-order valence-corrected chi connectivity index (χ4v) is 5.87. The Kier molecular flexibility index (Phi) is 6.73. The van der Waals surface area contributed by atoms with Crippen molar-refractivity contribution in [1.29, 1.82) is 0 Å². The fraction of sp³-hybridized carbons (Fsp3) is 0.381. The number of anilines is 2. The maximum absolute atomic E-state index is 12.9. The molecule has 8 nitrogen and oxygen atoms in total. The molecule has 0 aromatic heterocycles. The molecule has 31 heavy (non-hydrogen) atoms. The van der Waals surface area contributed by atoms with Crippen LogP contribution in [0.3, 0.4) is 0 Å². The number of benzene rings is 2. The molecule has 1 saturated heterocycles. The van der Waals surface area contributed by atoms with E-state index in [1.807, 2.05) is 6.92 Å². The van der Waals surface area contributed by atoms with Gasteiger partial charge in [0, 0.05) is 23.8 Å². The summed E-state index contributed by atoms with van der Waals surface area (Å²) in [6.07, 6.45) is 3.76. The van der Waals surface area contributed by atoms with E-state index in [0.717, 1.165) is 25.5 Å². The Morgan fingerprint density at radius 2 is 1.71 bits per heavy atom. The molecule has 10 heteroatoms. The van der Waals surface area contributed by atoms with E-state index in [1.165, 1.54) is 34.6 Å². The van der Waals surface area contributed by atoms with E-state index >= 15 is 0 Å². The standard InChI is InChI=1S/C21H27N3O5S2/c1-15-7-10-18(14-20(15)23-30(3,26)27)22-21(25)17-8-11-19(12-9-17)31(28,29)24-13-5-4-6-16(24)2/h7-12,14,16,23H,4-6,13H2,1-3H3,(H,22,25). The van der Waals surface area contributed by atoms with Gasteiger partial charge < -0.3 is 5.32 Å². The van der Waals surface area contributed by atoms with Crippen LogP contribution in [-0.4, -0.2) is 45.9 Å². The highest BCUT2D eigenvalue weighted by molar-refractivity contribution is 7.92. The summed E-state index contributed by atoms with van der Waals surface area (Å²) in [7, 11) is -7.06. The molecule has 0 aliphatic carbocycles. The third-order valence-corrected chi connectivity index (χ3v) is 7.87. The molecule has 0 radical (unpaired) electrons. The van der Waals surface area contributed by atoms with Crippen LogP contribution in [0.5, 0.6) is 0 Å². The van der Waals surface area contributed by atoms with Crippen LogP contribution < -0.4 is 10.0 Å². The smallest absolute Gasteiger partial charge is 0.255 e. The molecule has 1 amide bonds. The maximum atomic E-state index is 12.9. The predicted molar refractivity (Wildman–Crippen MR) is 121 cm³/mol. The predicted octanol–water partition coefficient (Wildman–Crippen LogP) is 3.18. The molecule has 1 atom stereocenters. The van der Waals surface area contributed by atoms with Crippen molar-refractivity contribution in [3.63, 3.8) is 0 Å². The van der Waals surface area contributed by atoms with Gasteiger partial charge in [0.25, 0.3) is 5.91 Å². The highest BCUT2D eigenvalue weighted by Crippen LogP contribution is 2.26. The van der Waals surface area contributed by atoms with Crippen molar-refractivity contribution in [3.05, 3.63) is 53.6 Å².